The van der Waals surface area contributed by atoms with Crippen molar-refractivity contribution < 1.29 is 48.8 Å². The molecule has 0 spiro atoms. The monoisotopic (exact) mass is 605 g/mol. The number of primary amides is 1. The van der Waals surface area contributed by atoms with Crippen LogP contribution in [0, 0.1) is 6.92 Å². The molecule has 0 aliphatic carbocycles. The SMILES string of the molecule is Cc1c(C(N)=O)c(O)n(CCN)c(=O)c1N=Nc1cc2c(S(=O)(=O)O)cc(S(=O)(=O)O)cc2cc1S(=O)(=O)O. The summed E-state index contributed by atoms with van der Waals surface area (Å²) in [6.07, 6.45) is 0. The molecule has 20 heteroatoms. The van der Waals surface area contributed by atoms with E-state index in [4.69, 9.17) is 11.5 Å². The molecule has 0 unspecified atom stereocenters. The number of carbonyl (C=O) groups excluding carboxylic acids is 1. The predicted molar refractivity (Wildman–Crippen MR) is 132 cm³/mol. The van der Waals surface area contributed by atoms with Crippen molar-refractivity contribution in [2.45, 2.75) is 28.2 Å². The Morgan fingerprint density at radius 1 is 0.923 bits per heavy atom. The third kappa shape index (κ3) is 5.80. The van der Waals surface area contributed by atoms with Gasteiger partial charge in [0, 0.05) is 24.0 Å². The van der Waals surface area contributed by atoms with E-state index in [1.807, 2.05) is 0 Å². The van der Waals surface area contributed by atoms with Crippen LogP contribution >= 0.6 is 0 Å². The summed E-state index contributed by atoms with van der Waals surface area (Å²) in [6.45, 7) is 0.695. The van der Waals surface area contributed by atoms with Gasteiger partial charge in [0.05, 0.1) is 4.90 Å². The second kappa shape index (κ2) is 10.1. The van der Waals surface area contributed by atoms with Crippen LogP contribution in [0.4, 0.5) is 11.4 Å². The first-order chi connectivity index (χ1) is 17.8. The Morgan fingerprint density at radius 2 is 1.51 bits per heavy atom. The van der Waals surface area contributed by atoms with Gasteiger partial charge in [-0.25, -0.2) is 0 Å². The summed E-state index contributed by atoms with van der Waals surface area (Å²) in [5.74, 6) is -1.98. The van der Waals surface area contributed by atoms with E-state index in [0.717, 1.165) is 0 Å². The number of benzene rings is 2. The highest BCUT2D eigenvalue weighted by molar-refractivity contribution is 7.87. The molecule has 0 atom stereocenters. The van der Waals surface area contributed by atoms with Crippen molar-refractivity contribution in [3.05, 3.63) is 45.7 Å². The number of amides is 1. The average molecular weight is 606 g/mol. The minimum absolute atomic E-state index is 0.174. The minimum Gasteiger partial charge on any atom is -0.494 e. The van der Waals surface area contributed by atoms with Crippen LogP contribution in [0.25, 0.3) is 10.8 Å². The van der Waals surface area contributed by atoms with Crippen LogP contribution in [-0.2, 0) is 36.9 Å². The van der Waals surface area contributed by atoms with E-state index in [1.54, 1.807) is 0 Å². The number of nitrogens with zero attached hydrogens (tertiary/aromatic N) is 3. The Hall–Kier alpha value is -3.79. The summed E-state index contributed by atoms with van der Waals surface area (Å²) in [5, 5.41) is 16.5. The second-order valence-electron chi connectivity index (χ2n) is 7.87. The molecule has 0 saturated carbocycles. The zero-order valence-electron chi connectivity index (χ0n) is 19.5. The number of aromatic nitrogens is 1. The van der Waals surface area contributed by atoms with Crippen molar-refractivity contribution in [1.82, 2.24) is 4.57 Å². The van der Waals surface area contributed by atoms with Crippen molar-refractivity contribution in [2.24, 2.45) is 21.7 Å². The summed E-state index contributed by atoms with van der Waals surface area (Å²) in [4.78, 5) is 21.6. The van der Waals surface area contributed by atoms with Crippen LogP contribution < -0.4 is 17.0 Å². The molecule has 1 aromatic heterocycles. The van der Waals surface area contributed by atoms with Crippen molar-refractivity contribution in [3.8, 4) is 5.88 Å². The molecule has 210 valence electrons. The maximum atomic E-state index is 12.9. The van der Waals surface area contributed by atoms with Gasteiger partial charge in [-0.1, -0.05) is 0 Å². The van der Waals surface area contributed by atoms with E-state index in [-0.39, 0.29) is 18.7 Å². The Labute approximate surface area is 219 Å². The molecule has 17 nitrogen and oxygen atoms in total. The molecule has 0 bridgehead atoms. The van der Waals surface area contributed by atoms with Gasteiger partial charge in [0.25, 0.3) is 41.8 Å². The normalized spacial score (nSPS) is 12.8. The molecule has 8 N–H and O–H groups in total. The predicted octanol–water partition coefficient (Wildman–Crippen LogP) is 0.229. The van der Waals surface area contributed by atoms with Crippen molar-refractivity contribution in [1.29, 1.82) is 0 Å². The van der Waals surface area contributed by atoms with Gasteiger partial charge < -0.3 is 16.6 Å². The number of azo groups is 1. The average Bonchev–Trinajstić information content (AvgIpc) is 2.78. The lowest BCUT2D eigenvalue weighted by atomic mass is 10.1. The minimum atomic E-state index is -5.19. The standard InChI is InChI=1S/C19H19N5O12S3/c1-8-15(17(21)25)18(26)24(3-2-20)19(27)16(8)23-22-12-7-11-9(5-14(12)39(34,35)36)4-10(37(28,29)30)6-13(11)38(31,32)33/h4-7,26H,2-3,20H2,1H3,(H2,21,25)(H,28,29,30)(H,31,32,33)(H,34,35,36). The van der Waals surface area contributed by atoms with E-state index in [0.29, 0.717) is 28.8 Å². The summed E-state index contributed by atoms with van der Waals surface area (Å²) in [6, 6.07) is 2.30. The largest absolute Gasteiger partial charge is 0.494 e. The maximum Gasteiger partial charge on any atom is 0.296 e. The molecule has 2 aromatic carbocycles. The molecule has 39 heavy (non-hydrogen) atoms. The number of pyridine rings is 1. The molecule has 0 aliphatic heterocycles. The van der Waals surface area contributed by atoms with Gasteiger partial charge >= 0.3 is 0 Å². The third-order valence-electron chi connectivity index (χ3n) is 5.34. The van der Waals surface area contributed by atoms with Crippen LogP contribution in [0.5, 0.6) is 5.88 Å². The Kier molecular flexibility index (Phi) is 7.68. The molecule has 0 saturated heterocycles. The molecule has 0 aliphatic rings. The summed E-state index contributed by atoms with van der Waals surface area (Å²) >= 11 is 0. The van der Waals surface area contributed by atoms with Crippen LogP contribution in [0.2, 0.25) is 0 Å². The Bertz CT molecular complexity index is 1970. The van der Waals surface area contributed by atoms with Crippen LogP contribution in [0.3, 0.4) is 0 Å². The quantitative estimate of drug-likeness (QED) is 0.148. The van der Waals surface area contributed by atoms with E-state index in [1.165, 1.54) is 6.92 Å². The zero-order chi connectivity index (χ0) is 29.7. The first-order valence-electron chi connectivity index (χ1n) is 10.2. The van der Waals surface area contributed by atoms with Crippen LogP contribution in [0.1, 0.15) is 15.9 Å². The number of nitrogens with two attached hydrogens (primary N) is 2. The highest BCUT2D eigenvalue weighted by atomic mass is 32.2. The fourth-order valence-electron chi connectivity index (χ4n) is 3.62. The number of aromatic hydroxyl groups is 1. The van der Waals surface area contributed by atoms with E-state index in [9.17, 15) is 53.6 Å². The fraction of sp³-hybridized carbons (Fsp3) is 0.158. The van der Waals surface area contributed by atoms with E-state index >= 15 is 0 Å². The Morgan fingerprint density at radius 3 is 2.00 bits per heavy atom. The van der Waals surface area contributed by atoms with Gasteiger partial charge in [0.2, 0.25) is 5.88 Å². The first kappa shape index (κ1) is 29.8. The van der Waals surface area contributed by atoms with Crippen molar-refractivity contribution >= 4 is 58.4 Å². The number of rotatable bonds is 8. The fourth-order valence-corrected chi connectivity index (χ4v) is 5.61. The highest BCUT2D eigenvalue weighted by Gasteiger charge is 2.26. The van der Waals surface area contributed by atoms with E-state index in [2.05, 4.69) is 10.2 Å². The lowest BCUT2D eigenvalue weighted by Crippen LogP contribution is -2.28. The molecular weight excluding hydrogens is 586 g/mol. The van der Waals surface area contributed by atoms with Gasteiger partial charge in [-0.3, -0.25) is 27.8 Å². The number of hydrogen-bond acceptors (Lipinski definition) is 12. The summed E-state index contributed by atoms with van der Waals surface area (Å²) < 4.78 is 101. The second-order valence-corrected chi connectivity index (χ2v) is 12.1. The number of carbonyl (C=O) groups is 1. The smallest absolute Gasteiger partial charge is 0.296 e. The highest BCUT2D eigenvalue weighted by Crippen LogP contribution is 2.36. The molecule has 1 heterocycles. The number of fused-ring (bicyclic) bond motifs is 1. The Balaban J connectivity index is 2.45. The van der Waals surface area contributed by atoms with Crippen LogP contribution in [0.15, 0.2) is 54.0 Å². The van der Waals surface area contributed by atoms with Gasteiger partial charge in [-0.2, -0.15) is 25.3 Å². The molecular formula is C19H19N5O12S3. The number of hydrogen-bond donors (Lipinski definition) is 6. The summed E-state index contributed by atoms with van der Waals surface area (Å²) in [5.41, 5.74) is 7.46. The first-order valence-corrected chi connectivity index (χ1v) is 14.5. The van der Waals surface area contributed by atoms with Gasteiger partial charge in [-0.15, -0.1) is 10.2 Å². The molecule has 1 amide bonds. The van der Waals surface area contributed by atoms with E-state index < -0.39 is 90.1 Å². The molecule has 3 rings (SSSR count). The van der Waals surface area contributed by atoms with Gasteiger partial charge in [0.15, 0.2) is 5.69 Å². The van der Waals surface area contributed by atoms with Crippen molar-refractivity contribution in [2.75, 3.05) is 6.54 Å². The maximum absolute atomic E-state index is 12.9. The zero-order valence-corrected chi connectivity index (χ0v) is 21.9. The topological polar surface area (TPSA) is 299 Å². The molecule has 0 fully saturated rings. The lowest BCUT2D eigenvalue weighted by Gasteiger charge is -2.14. The van der Waals surface area contributed by atoms with Crippen LogP contribution in [-0.4, -0.2) is 61.0 Å². The molecule has 0 radical (unpaired) electrons. The van der Waals surface area contributed by atoms with Gasteiger partial charge in [0.1, 0.15) is 21.0 Å². The van der Waals surface area contributed by atoms with Gasteiger partial charge in [-0.05, 0) is 36.6 Å². The molecule has 3 aromatic rings. The van der Waals surface area contributed by atoms with Crippen molar-refractivity contribution in [3.63, 3.8) is 0 Å². The lowest BCUT2D eigenvalue weighted by molar-refractivity contribution is 0.0995. The summed E-state index contributed by atoms with van der Waals surface area (Å²) in [7, 11) is -15.4. The third-order valence-corrected chi connectivity index (χ3v) is 7.94.